The summed E-state index contributed by atoms with van der Waals surface area (Å²) < 4.78 is 43.0. The van der Waals surface area contributed by atoms with E-state index in [0.717, 1.165) is 5.39 Å². The molecule has 5 rings (SSSR count). The summed E-state index contributed by atoms with van der Waals surface area (Å²) in [5, 5.41) is 36.6. The van der Waals surface area contributed by atoms with Gasteiger partial charge >= 0.3 is 0 Å². The minimum absolute atomic E-state index is 0.0475. The lowest BCUT2D eigenvalue weighted by Crippen LogP contribution is -2.41. The van der Waals surface area contributed by atoms with Crippen molar-refractivity contribution in [1.82, 2.24) is 39.6 Å². The largest absolute Gasteiger partial charge is 0.476 e. The van der Waals surface area contributed by atoms with Gasteiger partial charge in [0.1, 0.15) is 18.2 Å². The van der Waals surface area contributed by atoms with E-state index in [-0.39, 0.29) is 32.2 Å². The number of ether oxygens (including phenoxy) is 2. The summed E-state index contributed by atoms with van der Waals surface area (Å²) in [6.45, 7) is 6.42. The number of H-pyrrole nitrogens is 1. The lowest BCUT2D eigenvalue weighted by Gasteiger charge is -2.29. The number of hydrogen-bond acceptors (Lipinski definition) is 9. The number of fused-ring (bicyclic) bond motifs is 4. The molecule has 2 bridgehead atoms. The summed E-state index contributed by atoms with van der Waals surface area (Å²) in [6, 6.07) is 2.91. The Balaban J connectivity index is 1.76. The fourth-order valence-corrected chi connectivity index (χ4v) is 5.22. The molecule has 4 aromatic rings. The second-order valence-electron chi connectivity index (χ2n) is 10.4. The molecule has 0 saturated heterocycles. The number of halogens is 2. The average molecular weight is 582 g/mol. The molecule has 42 heavy (non-hydrogen) atoms. The Morgan fingerprint density at radius 2 is 2.05 bits per heavy atom. The lowest BCUT2D eigenvalue weighted by atomic mass is 10.1. The molecule has 2 unspecified atom stereocenters. The molecule has 0 spiro atoms. The van der Waals surface area contributed by atoms with Gasteiger partial charge in [-0.1, -0.05) is 0 Å². The van der Waals surface area contributed by atoms with E-state index in [1.807, 2.05) is 32.9 Å². The normalized spacial score (nSPS) is 17.3. The quantitative estimate of drug-likeness (QED) is 0.349. The maximum Gasteiger partial charge on any atom is 0.251 e. The maximum atomic E-state index is 13.9. The average Bonchev–Trinajstić information content (AvgIpc) is 3.60. The molecule has 0 aromatic carbocycles. The fraction of sp³-hybridized carbons (Fsp3) is 0.464. The van der Waals surface area contributed by atoms with Crippen molar-refractivity contribution in [2.75, 3.05) is 26.4 Å². The molecule has 14 heteroatoms. The fourth-order valence-electron chi connectivity index (χ4n) is 5.22. The van der Waals surface area contributed by atoms with Gasteiger partial charge in [-0.05, 0) is 45.9 Å². The number of nitrogens with zero attached hydrogens (tertiary/aromatic N) is 8. The molecule has 0 amide bonds. The molecule has 5 heterocycles. The van der Waals surface area contributed by atoms with Crippen LogP contribution in [0.4, 0.5) is 8.78 Å². The van der Waals surface area contributed by atoms with Crippen LogP contribution in [0.5, 0.6) is 11.8 Å². The van der Waals surface area contributed by atoms with Gasteiger partial charge in [0.25, 0.3) is 6.43 Å². The molecule has 2 N–H and O–H groups in total. The van der Waals surface area contributed by atoms with Crippen molar-refractivity contribution in [1.29, 1.82) is 5.26 Å². The predicted octanol–water partition coefficient (Wildman–Crippen LogP) is 3.65. The van der Waals surface area contributed by atoms with Crippen LogP contribution < -0.4 is 9.47 Å². The number of nitriles is 1. The van der Waals surface area contributed by atoms with Gasteiger partial charge in [-0.2, -0.15) is 15.5 Å². The van der Waals surface area contributed by atoms with Crippen LogP contribution in [0.1, 0.15) is 48.2 Å². The highest BCUT2D eigenvalue weighted by molar-refractivity contribution is 5.93. The van der Waals surface area contributed by atoms with Crippen LogP contribution in [0.3, 0.4) is 0 Å². The van der Waals surface area contributed by atoms with E-state index < -0.39 is 25.1 Å². The smallest absolute Gasteiger partial charge is 0.251 e. The zero-order chi connectivity index (χ0) is 30.1. The zero-order valence-corrected chi connectivity index (χ0v) is 24.1. The lowest BCUT2D eigenvalue weighted by molar-refractivity contribution is 0.0475. The molecule has 1 aliphatic heterocycles. The molecule has 2 atom stereocenters. The number of rotatable bonds is 6. The van der Waals surface area contributed by atoms with E-state index in [4.69, 9.17) is 14.5 Å². The summed E-state index contributed by atoms with van der Waals surface area (Å²) in [5.74, 6) is 0.634. The number of aryl methyl sites for hydroxylation is 3. The number of pyridine rings is 1. The SMILES string of the molecule is Cc1nn(C)c2c1-c1cc3c([nH]nc3c(C)n1)/C=C/c1c(OCC#N)nn(C(C)CO)c1CN(CC(F)F)C(C)CO2. The molecule has 222 valence electrons. The molecule has 12 nitrogen and oxygen atoms in total. The van der Waals surface area contributed by atoms with Gasteiger partial charge in [0, 0.05) is 25.0 Å². The van der Waals surface area contributed by atoms with Gasteiger partial charge in [0.05, 0.1) is 58.8 Å². The van der Waals surface area contributed by atoms with Gasteiger partial charge in [-0.25, -0.2) is 13.5 Å². The van der Waals surface area contributed by atoms with Crippen molar-refractivity contribution in [3.8, 4) is 29.1 Å². The number of nitrogens with one attached hydrogen (secondary N) is 1. The Morgan fingerprint density at radius 1 is 1.26 bits per heavy atom. The highest BCUT2D eigenvalue weighted by atomic mass is 19.3. The first-order valence-electron chi connectivity index (χ1n) is 13.6. The number of aromatic nitrogens is 7. The topological polar surface area (TPSA) is 143 Å². The monoisotopic (exact) mass is 581 g/mol. The van der Waals surface area contributed by atoms with Crippen molar-refractivity contribution in [2.24, 2.45) is 7.05 Å². The van der Waals surface area contributed by atoms with Crippen molar-refractivity contribution in [3.63, 3.8) is 0 Å². The Kier molecular flexibility index (Phi) is 8.24. The number of aliphatic hydroxyl groups is 1. The standard InChI is InChI=1S/C28H33F2N9O3/c1-15(13-40)39-23-11-38(12-24(29)30)16(2)14-42-28-25(17(3)35-37(28)5)22-10-20-21(33-34-26(20)18(4)32-22)7-6-19(23)27(36-39)41-9-8-31/h6-7,10,15-16,24,40H,9,11-14H2,1-5H3,(H,33,34)/b7-6+. The van der Waals surface area contributed by atoms with Crippen LogP contribution in [-0.2, 0) is 13.6 Å². The van der Waals surface area contributed by atoms with Crippen LogP contribution in [0, 0.1) is 25.2 Å². The highest BCUT2D eigenvalue weighted by Crippen LogP contribution is 2.36. The van der Waals surface area contributed by atoms with Crippen molar-refractivity contribution in [2.45, 2.75) is 52.7 Å². The zero-order valence-electron chi connectivity index (χ0n) is 24.1. The second kappa shape index (κ2) is 11.9. The Labute approximate surface area is 241 Å². The summed E-state index contributed by atoms with van der Waals surface area (Å²) in [6.07, 6.45) is 0.955. The molecular formula is C28H33F2N9O3. The summed E-state index contributed by atoms with van der Waals surface area (Å²) in [7, 11) is 1.77. The van der Waals surface area contributed by atoms with Crippen LogP contribution in [0.25, 0.3) is 34.3 Å². The summed E-state index contributed by atoms with van der Waals surface area (Å²) >= 11 is 0. The van der Waals surface area contributed by atoms with E-state index in [1.54, 1.807) is 40.4 Å². The molecule has 1 aliphatic rings. The summed E-state index contributed by atoms with van der Waals surface area (Å²) in [4.78, 5) is 6.40. The highest BCUT2D eigenvalue weighted by Gasteiger charge is 2.28. The number of alkyl halides is 2. The molecular weight excluding hydrogens is 548 g/mol. The Morgan fingerprint density at radius 3 is 2.76 bits per heavy atom. The van der Waals surface area contributed by atoms with Gasteiger partial charge < -0.3 is 14.6 Å². The van der Waals surface area contributed by atoms with E-state index >= 15 is 0 Å². The van der Waals surface area contributed by atoms with Gasteiger partial charge in [-0.15, -0.1) is 5.10 Å². The van der Waals surface area contributed by atoms with Crippen LogP contribution in [0.15, 0.2) is 6.07 Å². The third-order valence-electron chi connectivity index (χ3n) is 7.37. The molecule has 0 saturated carbocycles. The Hall–Kier alpha value is -4.35. The second-order valence-corrected chi connectivity index (χ2v) is 10.4. The van der Waals surface area contributed by atoms with Crippen molar-refractivity contribution >= 4 is 23.1 Å². The number of aliphatic hydroxyl groups excluding tert-OH is 1. The molecule has 0 aliphatic carbocycles. The first kappa shape index (κ1) is 29.2. The van der Waals surface area contributed by atoms with Crippen molar-refractivity contribution < 1.29 is 23.4 Å². The van der Waals surface area contributed by atoms with E-state index in [9.17, 15) is 19.1 Å². The third-order valence-corrected chi connectivity index (χ3v) is 7.37. The summed E-state index contributed by atoms with van der Waals surface area (Å²) in [5.41, 5.74) is 5.19. The Bertz CT molecular complexity index is 1670. The predicted molar refractivity (Wildman–Crippen MR) is 151 cm³/mol. The van der Waals surface area contributed by atoms with Crippen LogP contribution >= 0.6 is 0 Å². The maximum absolute atomic E-state index is 13.9. The van der Waals surface area contributed by atoms with Crippen LogP contribution in [-0.4, -0.2) is 83.6 Å². The van der Waals surface area contributed by atoms with Crippen molar-refractivity contribution in [3.05, 3.63) is 34.4 Å². The molecule has 0 fully saturated rings. The molecule has 0 radical (unpaired) electrons. The van der Waals surface area contributed by atoms with Crippen LogP contribution in [0.2, 0.25) is 0 Å². The van der Waals surface area contributed by atoms with Gasteiger partial charge in [-0.3, -0.25) is 19.7 Å². The first-order valence-corrected chi connectivity index (χ1v) is 13.6. The van der Waals surface area contributed by atoms with E-state index in [1.165, 1.54) is 0 Å². The van der Waals surface area contributed by atoms with E-state index in [2.05, 4.69) is 20.4 Å². The van der Waals surface area contributed by atoms with E-state index in [0.29, 0.717) is 51.0 Å². The van der Waals surface area contributed by atoms with Gasteiger partial charge in [0.2, 0.25) is 11.8 Å². The molecule has 4 aromatic heterocycles. The minimum atomic E-state index is -2.61. The number of hydrogen-bond donors (Lipinski definition) is 2. The number of aromatic amines is 1. The minimum Gasteiger partial charge on any atom is -0.476 e. The first-order chi connectivity index (χ1) is 20.1. The van der Waals surface area contributed by atoms with Gasteiger partial charge in [0.15, 0.2) is 6.61 Å². The third kappa shape index (κ3) is 5.45.